The van der Waals surface area contributed by atoms with Gasteiger partial charge in [0.1, 0.15) is 17.2 Å². The number of fused-ring (bicyclic) bond motifs is 2. The summed E-state index contributed by atoms with van der Waals surface area (Å²) in [5.74, 6) is 2.47. The summed E-state index contributed by atoms with van der Waals surface area (Å²) >= 11 is 0. The summed E-state index contributed by atoms with van der Waals surface area (Å²) in [6.07, 6.45) is 8.72. The van der Waals surface area contributed by atoms with Crippen LogP contribution in [0.4, 0.5) is 11.6 Å². The highest BCUT2D eigenvalue weighted by molar-refractivity contribution is 5.80. The fourth-order valence-electron chi connectivity index (χ4n) is 4.07. The highest BCUT2D eigenvalue weighted by atomic mass is 15.1. The van der Waals surface area contributed by atoms with E-state index in [1.807, 2.05) is 32.2 Å². The zero-order valence-corrected chi connectivity index (χ0v) is 18.7. The monoisotopic (exact) mass is 416 g/mol. The van der Waals surface area contributed by atoms with Gasteiger partial charge in [-0.25, -0.2) is 15.0 Å². The summed E-state index contributed by atoms with van der Waals surface area (Å²) in [4.78, 5) is 17.1. The molecule has 31 heavy (non-hydrogen) atoms. The van der Waals surface area contributed by atoms with Crippen LogP contribution < -0.4 is 10.6 Å². The first-order chi connectivity index (χ1) is 15.2. The highest BCUT2D eigenvalue weighted by Gasteiger charge is 2.18. The number of nitrogens with zero attached hydrogens (tertiary/aromatic N) is 3. The summed E-state index contributed by atoms with van der Waals surface area (Å²) < 4.78 is 0. The molecule has 0 atom stereocenters. The first-order valence-corrected chi connectivity index (χ1v) is 11.4. The number of aromatic nitrogens is 4. The molecule has 1 saturated carbocycles. The molecule has 0 radical (unpaired) electrons. The second-order valence-electron chi connectivity index (χ2n) is 8.15. The van der Waals surface area contributed by atoms with Crippen LogP contribution in [-0.4, -0.2) is 26.0 Å². The van der Waals surface area contributed by atoms with Crippen molar-refractivity contribution in [1.82, 2.24) is 19.9 Å². The smallest absolute Gasteiger partial charge is 0.182 e. The molecule has 3 aromatic heterocycles. The topological polar surface area (TPSA) is 78.5 Å². The molecule has 1 fully saturated rings. The summed E-state index contributed by atoms with van der Waals surface area (Å²) in [5.41, 5.74) is 3.82. The van der Waals surface area contributed by atoms with Crippen LogP contribution in [0.5, 0.6) is 0 Å². The van der Waals surface area contributed by atoms with Crippen LogP contribution >= 0.6 is 0 Å². The van der Waals surface area contributed by atoms with Crippen molar-refractivity contribution in [2.75, 3.05) is 10.6 Å². The lowest BCUT2D eigenvalue weighted by Gasteiger charge is -2.27. The summed E-state index contributed by atoms with van der Waals surface area (Å²) in [6, 6.07) is 13.0. The fourth-order valence-corrected chi connectivity index (χ4v) is 4.07. The SMILES string of the molecule is CC.CC1CCC(Nc2ccc3ncc(NCc4ccc5cc[nH]c5c4)nc3n2)CC1. The van der Waals surface area contributed by atoms with Gasteiger partial charge in [0, 0.05) is 24.3 Å². The highest BCUT2D eigenvalue weighted by Crippen LogP contribution is 2.26. The van der Waals surface area contributed by atoms with E-state index in [-0.39, 0.29) is 0 Å². The van der Waals surface area contributed by atoms with Crippen molar-refractivity contribution in [3.05, 3.63) is 54.4 Å². The van der Waals surface area contributed by atoms with Crippen LogP contribution in [0.15, 0.2) is 48.8 Å². The minimum Gasteiger partial charge on any atom is -0.367 e. The minimum absolute atomic E-state index is 0.508. The second-order valence-corrected chi connectivity index (χ2v) is 8.15. The maximum Gasteiger partial charge on any atom is 0.182 e. The Balaban J connectivity index is 0.00000112. The van der Waals surface area contributed by atoms with Gasteiger partial charge >= 0.3 is 0 Å². The molecular weight excluding hydrogens is 384 g/mol. The van der Waals surface area contributed by atoms with Crippen LogP contribution in [0.3, 0.4) is 0 Å². The van der Waals surface area contributed by atoms with E-state index in [4.69, 9.17) is 4.98 Å². The molecule has 0 spiro atoms. The molecule has 6 nitrogen and oxygen atoms in total. The third kappa shape index (κ3) is 5.13. The lowest BCUT2D eigenvalue weighted by molar-refractivity contribution is 0.361. The quantitative estimate of drug-likeness (QED) is 0.364. The maximum absolute atomic E-state index is 4.71. The van der Waals surface area contributed by atoms with Crippen molar-refractivity contribution in [1.29, 1.82) is 0 Å². The Bertz CT molecular complexity index is 1130. The summed E-state index contributed by atoms with van der Waals surface area (Å²) in [5, 5.41) is 8.17. The van der Waals surface area contributed by atoms with Gasteiger partial charge in [-0.1, -0.05) is 32.9 Å². The van der Waals surface area contributed by atoms with Crippen LogP contribution in [0, 0.1) is 5.92 Å². The number of anilines is 2. The van der Waals surface area contributed by atoms with Gasteiger partial charge in [-0.15, -0.1) is 0 Å². The third-order valence-electron chi connectivity index (χ3n) is 5.87. The molecule has 162 valence electrons. The van der Waals surface area contributed by atoms with E-state index in [2.05, 4.69) is 56.8 Å². The Kier molecular flexibility index (Phi) is 6.65. The number of rotatable bonds is 5. The Morgan fingerprint density at radius 2 is 1.77 bits per heavy atom. The molecule has 3 N–H and O–H groups in total. The van der Waals surface area contributed by atoms with E-state index in [0.717, 1.165) is 28.6 Å². The number of benzene rings is 1. The molecule has 3 heterocycles. The first kappa shape index (κ1) is 21.1. The molecule has 0 bridgehead atoms. The lowest BCUT2D eigenvalue weighted by atomic mass is 9.87. The largest absolute Gasteiger partial charge is 0.367 e. The second kappa shape index (κ2) is 9.77. The van der Waals surface area contributed by atoms with Crippen molar-refractivity contribution in [3.63, 3.8) is 0 Å². The molecular formula is C25H32N6. The Labute approximate surface area is 183 Å². The Morgan fingerprint density at radius 3 is 2.61 bits per heavy atom. The molecule has 0 amide bonds. The van der Waals surface area contributed by atoms with Crippen LogP contribution in [0.1, 0.15) is 52.0 Å². The zero-order valence-electron chi connectivity index (χ0n) is 18.7. The number of nitrogens with one attached hydrogen (secondary N) is 3. The van der Waals surface area contributed by atoms with Crippen molar-refractivity contribution < 1.29 is 0 Å². The molecule has 0 aliphatic heterocycles. The summed E-state index contributed by atoms with van der Waals surface area (Å²) in [7, 11) is 0. The van der Waals surface area contributed by atoms with E-state index in [1.54, 1.807) is 6.20 Å². The van der Waals surface area contributed by atoms with Gasteiger partial charge in [0.25, 0.3) is 0 Å². The number of aromatic amines is 1. The molecule has 1 aromatic carbocycles. The van der Waals surface area contributed by atoms with Crippen LogP contribution in [0.25, 0.3) is 22.1 Å². The normalized spacial score (nSPS) is 18.4. The number of H-pyrrole nitrogens is 1. The van der Waals surface area contributed by atoms with E-state index in [9.17, 15) is 0 Å². The van der Waals surface area contributed by atoms with Gasteiger partial charge in [0.05, 0.1) is 6.20 Å². The van der Waals surface area contributed by atoms with Gasteiger partial charge in [0.2, 0.25) is 0 Å². The summed E-state index contributed by atoms with van der Waals surface area (Å²) in [6.45, 7) is 7.03. The zero-order chi connectivity index (χ0) is 21.6. The fraction of sp³-hybridized carbons (Fsp3) is 0.400. The van der Waals surface area contributed by atoms with Crippen molar-refractivity contribution in [2.24, 2.45) is 5.92 Å². The molecule has 0 unspecified atom stereocenters. The number of pyridine rings is 1. The average Bonchev–Trinajstić information content (AvgIpc) is 3.28. The minimum atomic E-state index is 0.508. The van der Waals surface area contributed by atoms with Crippen LogP contribution in [0.2, 0.25) is 0 Å². The van der Waals surface area contributed by atoms with Gasteiger partial charge in [-0.2, -0.15) is 0 Å². The molecule has 6 heteroatoms. The van der Waals surface area contributed by atoms with Crippen molar-refractivity contribution in [2.45, 2.75) is 59.0 Å². The molecule has 1 aliphatic rings. The van der Waals surface area contributed by atoms with Gasteiger partial charge in [-0.05, 0) is 66.8 Å². The average molecular weight is 417 g/mol. The van der Waals surface area contributed by atoms with Gasteiger partial charge in [-0.3, -0.25) is 0 Å². The van der Waals surface area contributed by atoms with E-state index >= 15 is 0 Å². The number of hydrogen-bond donors (Lipinski definition) is 3. The van der Waals surface area contributed by atoms with Gasteiger partial charge in [0.15, 0.2) is 5.65 Å². The lowest BCUT2D eigenvalue weighted by Crippen LogP contribution is -2.25. The first-order valence-electron chi connectivity index (χ1n) is 11.4. The standard InChI is InChI=1S/C23H26N6.C2H6/c1-15-2-6-18(7-3-15)27-21-9-8-19-23(28-21)29-22(14-25-19)26-13-16-4-5-17-10-11-24-20(17)12-16;1-2/h4-5,8-12,14-15,18,24H,2-3,6-7,13H2,1H3,(H2,26,27,28,29);1-2H3. The predicted molar refractivity (Wildman–Crippen MR) is 129 cm³/mol. The number of hydrogen-bond acceptors (Lipinski definition) is 5. The molecule has 5 rings (SSSR count). The van der Waals surface area contributed by atoms with Crippen LogP contribution in [-0.2, 0) is 6.54 Å². The predicted octanol–water partition coefficient (Wildman–Crippen LogP) is 6.14. The Hall–Kier alpha value is -3.15. The third-order valence-corrected chi connectivity index (χ3v) is 5.87. The van der Waals surface area contributed by atoms with Gasteiger partial charge < -0.3 is 15.6 Å². The van der Waals surface area contributed by atoms with E-state index in [1.165, 1.54) is 36.6 Å². The molecule has 0 saturated heterocycles. The van der Waals surface area contributed by atoms with Crippen molar-refractivity contribution >= 4 is 33.7 Å². The molecule has 4 aromatic rings. The van der Waals surface area contributed by atoms with Crippen molar-refractivity contribution in [3.8, 4) is 0 Å². The van der Waals surface area contributed by atoms with E-state index in [0.29, 0.717) is 18.2 Å². The Morgan fingerprint density at radius 1 is 0.968 bits per heavy atom. The molecule has 1 aliphatic carbocycles. The maximum atomic E-state index is 4.71. The van der Waals surface area contributed by atoms with E-state index < -0.39 is 0 Å².